The van der Waals surface area contributed by atoms with Crippen LogP contribution in [0.15, 0.2) is 24.3 Å². The molecule has 22 heavy (non-hydrogen) atoms. The van der Waals surface area contributed by atoms with Crippen LogP contribution in [0.2, 0.25) is 5.02 Å². The van der Waals surface area contributed by atoms with E-state index >= 15 is 0 Å². The van der Waals surface area contributed by atoms with E-state index < -0.39 is 10.0 Å². The van der Waals surface area contributed by atoms with Crippen molar-refractivity contribution in [3.05, 3.63) is 29.3 Å². The summed E-state index contributed by atoms with van der Waals surface area (Å²) in [5, 5.41) is 9.17. The zero-order valence-electron chi connectivity index (χ0n) is 12.3. The van der Waals surface area contributed by atoms with Crippen LogP contribution < -0.4 is 9.62 Å². The molecule has 0 spiro atoms. The first kappa shape index (κ1) is 17.1. The standard InChI is InChI=1S/C15H20ClN3O2S/c16-14-7-1-2-8-15(14)19-10-5-6-13(12-19)18-22(20,21)11-4-3-9-17/h1-2,7-8,13,18H,3-6,10-12H2/t13-/m0/s1. The molecule has 0 aliphatic carbocycles. The second-order valence-electron chi connectivity index (χ2n) is 5.43. The van der Waals surface area contributed by atoms with E-state index in [1.54, 1.807) is 0 Å². The van der Waals surface area contributed by atoms with E-state index in [-0.39, 0.29) is 18.2 Å². The predicted octanol–water partition coefficient (Wildman–Crippen LogP) is 2.53. The van der Waals surface area contributed by atoms with E-state index in [1.165, 1.54) is 0 Å². The maximum Gasteiger partial charge on any atom is 0.211 e. The molecule has 1 fully saturated rings. The number of unbranched alkanes of at least 4 members (excludes halogenated alkanes) is 1. The lowest BCUT2D eigenvalue weighted by Gasteiger charge is -2.35. The number of para-hydroxylation sites is 1. The third-order valence-corrected chi connectivity index (χ3v) is 5.50. The Morgan fingerprint density at radius 1 is 1.41 bits per heavy atom. The molecule has 1 aromatic rings. The molecule has 1 heterocycles. The third-order valence-electron chi connectivity index (χ3n) is 3.66. The van der Waals surface area contributed by atoms with Crippen LogP contribution >= 0.6 is 11.6 Å². The second-order valence-corrected chi connectivity index (χ2v) is 7.72. The van der Waals surface area contributed by atoms with Gasteiger partial charge < -0.3 is 4.90 Å². The molecule has 0 unspecified atom stereocenters. The smallest absolute Gasteiger partial charge is 0.211 e. The minimum Gasteiger partial charge on any atom is -0.369 e. The lowest BCUT2D eigenvalue weighted by molar-refractivity contribution is 0.465. The van der Waals surface area contributed by atoms with Crippen molar-refractivity contribution in [2.45, 2.75) is 31.7 Å². The van der Waals surface area contributed by atoms with Gasteiger partial charge in [-0.15, -0.1) is 0 Å². The molecule has 2 rings (SSSR count). The summed E-state index contributed by atoms with van der Waals surface area (Å²) in [4.78, 5) is 2.12. The van der Waals surface area contributed by atoms with Gasteiger partial charge in [0.2, 0.25) is 10.0 Å². The predicted molar refractivity (Wildman–Crippen MR) is 88.5 cm³/mol. The van der Waals surface area contributed by atoms with Crippen molar-refractivity contribution < 1.29 is 8.42 Å². The molecule has 0 amide bonds. The van der Waals surface area contributed by atoms with Crippen molar-refractivity contribution in [3.63, 3.8) is 0 Å². The minimum absolute atomic E-state index is 0.00313. The highest BCUT2D eigenvalue weighted by molar-refractivity contribution is 7.89. The fourth-order valence-corrected chi connectivity index (χ4v) is 4.25. The zero-order chi connectivity index (χ0) is 16.0. The average Bonchev–Trinajstić information content (AvgIpc) is 2.47. The van der Waals surface area contributed by atoms with Crippen molar-refractivity contribution in [1.82, 2.24) is 4.72 Å². The first-order valence-electron chi connectivity index (χ1n) is 7.38. The number of benzene rings is 1. The van der Waals surface area contributed by atoms with Gasteiger partial charge in [0.1, 0.15) is 0 Å². The van der Waals surface area contributed by atoms with Gasteiger partial charge in [-0.1, -0.05) is 23.7 Å². The quantitative estimate of drug-likeness (QED) is 0.807. The van der Waals surface area contributed by atoms with E-state index in [9.17, 15) is 8.42 Å². The first-order chi connectivity index (χ1) is 10.5. The lowest BCUT2D eigenvalue weighted by Crippen LogP contribution is -2.48. The van der Waals surface area contributed by atoms with Crippen LogP contribution in [0.5, 0.6) is 0 Å². The van der Waals surface area contributed by atoms with Crippen molar-refractivity contribution >= 4 is 27.3 Å². The van der Waals surface area contributed by atoms with Gasteiger partial charge in [0.15, 0.2) is 0 Å². The van der Waals surface area contributed by atoms with Crippen LogP contribution in [0, 0.1) is 11.3 Å². The van der Waals surface area contributed by atoms with Crippen molar-refractivity contribution in [2.24, 2.45) is 0 Å². The van der Waals surface area contributed by atoms with Crippen molar-refractivity contribution in [2.75, 3.05) is 23.7 Å². The van der Waals surface area contributed by atoms with Gasteiger partial charge in [-0.25, -0.2) is 13.1 Å². The number of nitrogens with one attached hydrogen (secondary N) is 1. The topological polar surface area (TPSA) is 73.2 Å². The maximum absolute atomic E-state index is 12.0. The van der Waals surface area contributed by atoms with Gasteiger partial charge in [0, 0.05) is 25.6 Å². The molecule has 1 N–H and O–H groups in total. The summed E-state index contributed by atoms with van der Waals surface area (Å²) in [6.45, 7) is 1.48. The number of sulfonamides is 1. The number of hydrogen-bond donors (Lipinski definition) is 1. The van der Waals surface area contributed by atoms with Crippen LogP contribution in [0.4, 0.5) is 5.69 Å². The summed E-state index contributed by atoms with van der Waals surface area (Å²) in [6, 6.07) is 9.45. The van der Waals surface area contributed by atoms with E-state index in [0.29, 0.717) is 18.0 Å². The summed E-state index contributed by atoms with van der Waals surface area (Å²) in [5.74, 6) is 0.00313. The van der Waals surface area contributed by atoms with Gasteiger partial charge >= 0.3 is 0 Å². The molecule has 0 saturated carbocycles. The van der Waals surface area contributed by atoms with E-state index in [0.717, 1.165) is 25.1 Å². The largest absolute Gasteiger partial charge is 0.369 e. The molecule has 1 aliphatic heterocycles. The highest BCUT2D eigenvalue weighted by atomic mass is 35.5. The molecule has 0 bridgehead atoms. The Balaban J connectivity index is 1.96. The molecular weight excluding hydrogens is 322 g/mol. The van der Waals surface area contributed by atoms with E-state index in [2.05, 4.69) is 9.62 Å². The molecular formula is C15H20ClN3O2S. The van der Waals surface area contributed by atoms with Crippen LogP contribution in [0.3, 0.4) is 0 Å². The lowest BCUT2D eigenvalue weighted by atomic mass is 10.1. The minimum atomic E-state index is -3.33. The van der Waals surface area contributed by atoms with Crippen molar-refractivity contribution in [3.8, 4) is 6.07 Å². The summed E-state index contributed by atoms with van der Waals surface area (Å²) in [6.07, 6.45) is 2.36. The summed E-state index contributed by atoms with van der Waals surface area (Å²) in [5.41, 5.74) is 0.942. The monoisotopic (exact) mass is 341 g/mol. The number of nitrogens with zero attached hydrogens (tertiary/aromatic N) is 2. The number of hydrogen-bond acceptors (Lipinski definition) is 4. The molecule has 120 valence electrons. The normalized spacial score (nSPS) is 18.9. The zero-order valence-corrected chi connectivity index (χ0v) is 13.9. The summed E-state index contributed by atoms with van der Waals surface area (Å²) in [7, 11) is -3.33. The maximum atomic E-state index is 12.0. The van der Waals surface area contributed by atoms with Gasteiger partial charge in [0.25, 0.3) is 0 Å². The number of nitriles is 1. The molecule has 1 atom stereocenters. The van der Waals surface area contributed by atoms with Crippen LogP contribution in [0.1, 0.15) is 25.7 Å². The van der Waals surface area contributed by atoms with Crippen LogP contribution in [-0.2, 0) is 10.0 Å². The molecule has 1 aromatic carbocycles. The molecule has 0 aromatic heterocycles. The van der Waals surface area contributed by atoms with Crippen molar-refractivity contribution in [1.29, 1.82) is 5.26 Å². The Kier molecular flexibility index (Phi) is 6.07. The third kappa shape index (κ3) is 4.87. The Labute approximate surface area is 136 Å². The van der Waals surface area contributed by atoms with Gasteiger partial charge in [-0.3, -0.25) is 0 Å². The molecule has 0 radical (unpaired) electrons. The Bertz CT molecular complexity index is 642. The molecule has 1 saturated heterocycles. The number of halogens is 1. The summed E-state index contributed by atoms with van der Waals surface area (Å²) >= 11 is 6.21. The van der Waals surface area contributed by atoms with Gasteiger partial charge in [-0.05, 0) is 31.4 Å². The van der Waals surface area contributed by atoms with Crippen LogP contribution in [-0.4, -0.2) is 33.3 Å². The highest BCUT2D eigenvalue weighted by Gasteiger charge is 2.25. The Hall–Kier alpha value is -1.29. The first-order valence-corrected chi connectivity index (χ1v) is 9.41. The second kappa shape index (κ2) is 7.82. The summed E-state index contributed by atoms with van der Waals surface area (Å²) < 4.78 is 26.8. The fourth-order valence-electron chi connectivity index (χ4n) is 2.65. The van der Waals surface area contributed by atoms with Gasteiger partial charge in [0.05, 0.1) is 22.5 Å². The molecule has 1 aliphatic rings. The van der Waals surface area contributed by atoms with Gasteiger partial charge in [-0.2, -0.15) is 5.26 Å². The number of anilines is 1. The number of piperidine rings is 1. The molecule has 5 nitrogen and oxygen atoms in total. The van der Waals surface area contributed by atoms with E-state index in [1.807, 2.05) is 30.3 Å². The average molecular weight is 342 g/mol. The SMILES string of the molecule is N#CCCCS(=O)(=O)N[C@H]1CCCN(c2ccccc2Cl)C1. The number of rotatable bonds is 6. The fraction of sp³-hybridized carbons (Fsp3) is 0.533. The van der Waals surface area contributed by atoms with Crippen LogP contribution in [0.25, 0.3) is 0 Å². The Morgan fingerprint density at radius 2 is 2.18 bits per heavy atom. The highest BCUT2D eigenvalue weighted by Crippen LogP contribution is 2.27. The Morgan fingerprint density at radius 3 is 2.91 bits per heavy atom. The van der Waals surface area contributed by atoms with E-state index in [4.69, 9.17) is 16.9 Å². The molecule has 7 heteroatoms.